The smallest absolute Gasteiger partial charge is 0.257 e. The summed E-state index contributed by atoms with van der Waals surface area (Å²) in [5.41, 5.74) is 1.50. The van der Waals surface area contributed by atoms with Gasteiger partial charge in [0.1, 0.15) is 0 Å². The number of hydrogen-bond donors (Lipinski definition) is 0. The number of aromatic nitrogens is 2. The van der Waals surface area contributed by atoms with Crippen LogP contribution in [0.1, 0.15) is 56.3 Å². The van der Waals surface area contributed by atoms with Gasteiger partial charge in [0, 0.05) is 18.0 Å². The second kappa shape index (κ2) is 9.34. The van der Waals surface area contributed by atoms with E-state index in [1.54, 1.807) is 12.1 Å². The Morgan fingerprint density at radius 3 is 2.44 bits per heavy atom. The lowest BCUT2D eigenvalue weighted by Gasteiger charge is -2.36. The fourth-order valence-electron chi connectivity index (χ4n) is 4.37. The van der Waals surface area contributed by atoms with Crippen molar-refractivity contribution in [1.82, 2.24) is 15.0 Å². The van der Waals surface area contributed by atoms with Gasteiger partial charge in [-0.15, -0.1) is 12.4 Å². The van der Waals surface area contributed by atoms with E-state index in [0.29, 0.717) is 11.5 Å². The van der Waals surface area contributed by atoms with E-state index in [4.69, 9.17) is 9.78 Å². The zero-order valence-electron chi connectivity index (χ0n) is 15.6. The van der Waals surface area contributed by atoms with Crippen LogP contribution in [0.3, 0.4) is 0 Å². The highest BCUT2D eigenvalue weighted by molar-refractivity contribution is 5.85. The molecule has 2 aromatic rings. The third kappa shape index (κ3) is 4.88. The summed E-state index contributed by atoms with van der Waals surface area (Å²) < 4.78 is 5.40. The number of halogens is 1. The van der Waals surface area contributed by atoms with Gasteiger partial charge in [0.05, 0.1) is 11.6 Å². The molecule has 1 aromatic carbocycles. The van der Waals surface area contributed by atoms with Gasteiger partial charge < -0.3 is 9.42 Å². The van der Waals surface area contributed by atoms with Crippen molar-refractivity contribution in [2.75, 3.05) is 13.1 Å². The Bertz CT molecular complexity index is 753. The average Bonchev–Trinajstić information content (AvgIpc) is 3.39. The molecule has 0 spiro atoms. The summed E-state index contributed by atoms with van der Waals surface area (Å²) in [6, 6.07) is 10.2. The standard InChI is InChI=1S/C21H26N4O.ClH/c22-15-17-5-8-18(9-6-17)21-23-20(24-26-21)10-7-16-11-13-25(14-12-16)19-3-1-2-4-19;/h5-6,8-9,16,19H,1-4,7,10-14H2;1H. The van der Waals surface area contributed by atoms with Gasteiger partial charge >= 0.3 is 0 Å². The summed E-state index contributed by atoms with van der Waals surface area (Å²) in [5.74, 6) is 2.12. The van der Waals surface area contributed by atoms with Crippen molar-refractivity contribution in [3.05, 3.63) is 35.7 Å². The molecule has 5 nitrogen and oxygen atoms in total. The van der Waals surface area contributed by atoms with Crippen LogP contribution < -0.4 is 0 Å². The molecule has 1 aliphatic carbocycles. The van der Waals surface area contributed by atoms with Gasteiger partial charge in [-0.2, -0.15) is 10.2 Å². The number of nitriles is 1. The minimum Gasteiger partial charge on any atom is -0.334 e. The van der Waals surface area contributed by atoms with Crippen molar-refractivity contribution in [3.63, 3.8) is 0 Å². The molecule has 1 aliphatic heterocycles. The Morgan fingerprint density at radius 2 is 1.78 bits per heavy atom. The van der Waals surface area contributed by atoms with Gasteiger partial charge in [-0.25, -0.2) is 0 Å². The number of hydrogen-bond acceptors (Lipinski definition) is 5. The van der Waals surface area contributed by atoms with Crippen LogP contribution in [-0.4, -0.2) is 34.2 Å². The molecule has 1 saturated heterocycles. The van der Waals surface area contributed by atoms with Gasteiger partial charge in [0.2, 0.25) is 0 Å². The van der Waals surface area contributed by atoms with Crippen LogP contribution in [0.5, 0.6) is 0 Å². The first-order valence-corrected chi connectivity index (χ1v) is 9.89. The minimum absolute atomic E-state index is 0. The Hall–Kier alpha value is -1.90. The van der Waals surface area contributed by atoms with Crippen LogP contribution in [0.15, 0.2) is 28.8 Å². The first-order chi connectivity index (χ1) is 12.8. The normalized spacial score (nSPS) is 18.9. The molecule has 27 heavy (non-hydrogen) atoms. The zero-order chi connectivity index (χ0) is 17.8. The summed E-state index contributed by atoms with van der Waals surface area (Å²) in [4.78, 5) is 7.25. The van der Waals surface area contributed by atoms with E-state index < -0.39 is 0 Å². The van der Waals surface area contributed by atoms with Gasteiger partial charge in [0.15, 0.2) is 5.82 Å². The minimum atomic E-state index is 0. The lowest BCUT2D eigenvalue weighted by molar-refractivity contribution is 0.131. The second-order valence-corrected chi connectivity index (χ2v) is 7.66. The maximum absolute atomic E-state index is 8.87. The first kappa shape index (κ1) is 19.9. The quantitative estimate of drug-likeness (QED) is 0.750. The van der Waals surface area contributed by atoms with E-state index in [2.05, 4.69) is 21.1 Å². The van der Waals surface area contributed by atoms with E-state index in [-0.39, 0.29) is 12.4 Å². The molecular weight excluding hydrogens is 360 g/mol. The van der Waals surface area contributed by atoms with Crippen LogP contribution in [0.25, 0.3) is 11.5 Å². The predicted octanol–water partition coefficient (Wildman–Crippen LogP) is 4.62. The molecule has 0 radical (unpaired) electrons. The van der Waals surface area contributed by atoms with E-state index >= 15 is 0 Å². The maximum atomic E-state index is 8.87. The lowest BCUT2D eigenvalue weighted by atomic mass is 9.91. The van der Waals surface area contributed by atoms with Crippen molar-refractivity contribution in [2.45, 2.75) is 57.4 Å². The highest BCUT2D eigenvalue weighted by Crippen LogP contribution is 2.29. The lowest BCUT2D eigenvalue weighted by Crippen LogP contribution is -2.40. The molecule has 6 heteroatoms. The van der Waals surface area contributed by atoms with Crippen LogP contribution in [-0.2, 0) is 6.42 Å². The second-order valence-electron chi connectivity index (χ2n) is 7.66. The molecule has 2 heterocycles. The van der Waals surface area contributed by atoms with Crippen LogP contribution >= 0.6 is 12.4 Å². The average molecular weight is 387 g/mol. The number of benzene rings is 1. The molecule has 144 valence electrons. The SMILES string of the molecule is Cl.N#Cc1ccc(-c2nc(CCC3CCN(C4CCCC4)CC3)no2)cc1. The fraction of sp³-hybridized carbons (Fsp3) is 0.571. The molecular formula is C21H27ClN4O. The van der Waals surface area contributed by atoms with E-state index in [9.17, 15) is 0 Å². The number of rotatable bonds is 5. The highest BCUT2D eigenvalue weighted by Gasteiger charge is 2.27. The molecule has 1 saturated carbocycles. The molecule has 0 atom stereocenters. The van der Waals surface area contributed by atoms with E-state index in [1.165, 1.54) is 51.6 Å². The number of nitrogens with zero attached hydrogens (tertiary/aromatic N) is 4. The third-order valence-corrected chi connectivity index (χ3v) is 6.00. The Labute approximate surface area is 167 Å². The monoisotopic (exact) mass is 386 g/mol. The van der Waals surface area contributed by atoms with Gasteiger partial charge in [0.25, 0.3) is 5.89 Å². The van der Waals surface area contributed by atoms with E-state index in [0.717, 1.165) is 36.2 Å². The van der Waals surface area contributed by atoms with Gasteiger partial charge in [-0.3, -0.25) is 0 Å². The topological polar surface area (TPSA) is 66.0 Å². The Balaban J connectivity index is 0.00000210. The summed E-state index contributed by atoms with van der Waals surface area (Å²) in [6.07, 6.45) is 10.3. The van der Waals surface area contributed by atoms with Crippen molar-refractivity contribution >= 4 is 12.4 Å². The van der Waals surface area contributed by atoms with E-state index in [1.807, 2.05) is 12.1 Å². The van der Waals surface area contributed by atoms with Crippen molar-refractivity contribution in [1.29, 1.82) is 5.26 Å². The molecule has 2 fully saturated rings. The van der Waals surface area contributed by atoms with Crippen LogP contribution in [0.4, 0.5) is 0 Å². The highest BCUT2D eigenvalue weighted by atomic mass is 35.5. The summed E-state index contributed by atoms with van der Waals surface area (Å²) in [6.45, 7) is 2.52. The fourth-order valence-corrected chi connectivity index (χ4v) is 4.37. The summed E-state index contributed by atoms with van der Waals surface area (Å²) >= 11 is 0. The summed E-state index contributed by atoms with van der Waals surface area (Å²) in [5, 5.41) is 13.0. The Morgan fingerprint density at radius 1 is 1.07 bits per heavy atom. The maximum Gasteiger partial charge on any atom is 0.257 e. The number of likely N-dealkylation sites (tertiary alicyclic amines) is 1. The molecule has 0 unspecified atom stereocenters. The summed E-state index contributed by atoms with van der Waals surface area (Å²) in [7, 11) is 0. The molecule has 0 N–H and O–H groups in total. The number of piperidine rings is 1. The van der Waals surface area contributed by atoms with Gasteiger partial charge in [-0.05, 0) is 75.4 Å². The zero-order valence-corrected chi connectivity index (χ0v) is 16.5. The predicted molar refractivity (Wildman–Crippen MR) is 107 cm³/mol. The Kier molecular flexibility index (Phi) is 6.87. The van der Waals surface area contributed by atoms with Gasteiger partial charge in [-0.1, -0.05) is 18.0 Å². The van der Waals surface area contributed by atoms with Crippen LogP contribution in [0, 0.1) is 17.2 Å². The number of aryl methyl sites for hydroxylation is 1. The van der Waals surface area contributed by atoms with Crippen molar-refractivity contribution in [2.24, 2.45) is 5.92 Å². The van der Waals surface area contributed by atoms with Crippen molar-refractivity contribution < 1.29 is 4.52 Å². The largest absolute Gasteiger partial charge is 0.334 e. The van der Waals surface area contributed by atoms with Crippen molar-refractivity contribution in [3.8, 4) is 17.5 Å². The molecule has 0 bridgehead atoms. The molecule has 4 rings (SSSR count). The molecule has 0 amide bonds. The third-order valence-electron chi connectivity index (χ3n) is 6.00. The molecule has 1 aromatic heterocycles. The first-order valence-electron chi connectivity index (χ1n) is 9.89. The molecule has 2 aliphatic rings. The van der Waals surface area contributed by atoms with Crippen LogP contribution in [0.2, 0.25) is 0 Å².